The summed E-state index contributed by atoms with van der Waals surface area (Å²) in [5, 5.41) is 10.0. The molecule has 0 spiro atoms. The number of hydrogen-bond donors (Lipinski definition) is 0. The van der Waals surface area contributed by atoms with Crippen LogP contribution in [-0.2, 0) is 17.1 Å². The van der Waals surface area contributed by atoms with E-state index in [-0.39, 0.29) is 18.2 Å². The summed E-state index contributed by atoms with van der Waals surface area (Å²) in [6.45, 7) is 4.44. The van der Waals surface area contributed by atoms with Crippen LogP contribution in [-0.4, -0.2) is 26.0 Å². The Morgan fingerprint density at radius 2 is 1.94 bits per heavy atom. The lowest BCUT2D eigenvalue weighted by Gasteiger charge is -2.20. The van der Waals surface area contributed by atoms with Crippen molar-refractivity contribution in [3.63, 3.8) is 0 Å². The summed E-state index contributed by atoms with van der Waals surface area (Å²) >= 11 is 1.41. The molecule has 2 aromatic heterocycles. The predicted molar refractivity (Wildman–Crippen MR) is 132 cm³/mol. The predicted octanol–water partition coefficient (Wildman–Crippen LogP) is 4.95. The third kappa shape index (κ3) is 3.67. The Hall–Kier alpha value is -3.69. The molecule has 1 aliphatic heterocycles. The minimum Gasteiger partial charge on any atom is -0.467 e. The van der Waals surface area contributed by atoms with Gasteiger partial charge in [0.15, 0.2) is 11.9 Å². The second-order valence-corrected chi connectivity index (χ2v) is 9.46. The summed E-state index contributed by atoms with van der Waals surface area (Å²) in [6.07, 6.45) is 0. The van der Waals surface area contributed by atoms with E-state index < -0.39 is 0 Å². The molecule has 176 valence electrons. The van der Waals surface area contributed by atoms with E-state index in [9.17, 15) is 9.18 Å². The average Bonchev–Trinajstić information content (AvgIpc) is 3.27. The lowest BCUT2D eigenvalue weighted by Crippen LogP contribution is -2.22. The molecule has 0 fully saturated rings. The van der Waals surface area contributed by atoms with Gasteiger partial charge in [0.2, 0.25) is 5.78 Å². The number of para-hydroxylation sites is 1. The molecule has 0 atom stereocenters. The molecule has 0 saturated heterocycles. The SMILES string of the molecule is Cc1ccc(-n2c(=O)c3ccccc3n3c(SCc4cc(F)cc5c4OCOC5)nnc23)c(C)c1. The Morgan fingerprint density at radius 1 is 1.09 bits per heavy atom. The van der Waals surface area contributed by atoms with Crippen molar-refractivity contribution in [3.8, 4) is 11.4 Å². The smallest absolute Gasteiger partial charge is 0.267 e. The van der Waals surface area contributed by atoms with Crippen molar-refractivity contribution in [2.24, 2.45) is 0 Å². The zero-order valence-corrected chi connectivity index (χ0v) is 19.9. The second-order valence-electron chi connectivity index (χ2n) is 8.52. The van der Waals surface area contributed by atoms with E-state index >= 15 is 0 Å². The fraction of sp³-hybridized carbons (Fsp3) is 0.192. The van der Waals surface area contributed by atoms with Gasteiger partial charge in [-0.2, -0.15) is 0 Å². The van der Waals surface area contributed by atoms with Crippen LogP contribution in [0.3, 0.4) is 0 Å². The van der Waals surface area contributed by atoms with E-state index in [1.807, 2.05) is 60.7 Å². The largest absolute Gasteiger partial charge is 0.467 e. The third-order valence-electron chi connectivity index (χ3n) is 6.10. The lowest BCUT2D eigenvalue weighted by molar-refractivity contribution is -0.0171. The highest BCUT2D eigenvalue weighted by atomic mass is 32.2. The summed E-state index contributed by atoms with van der Waals surface area (Å²) < 4.78 is 28.7. The molecule has 1 aliphatic rings. The maximum Gasteiger partial charge on any atom is 0.267 e. The Kier molecular flexibility index (Phi) is 5.31. The molecule has 9 heteroatoms. The van der Waals surface area contributed by atoms with Crippen LogP contribution >= 0.6 is 11.8 Å². The van der Waals surface area contributed by atoms with Gasteiger partial charge in [-0.25, -0.2) is 8.96 Å². The summed E-state index contributed by atoms with van der Waals surface area (Å²) in [6, 6.07) is 16.3. The molecule has 0 saturated carbocycles. The fourth-order valence-electron chi connectivity index (χ4n) is 4.55. The highest BCUT2D eigenvalue weighted by Crippen LogP contribution is 2.34. The topological polar surface area (TPSA) is 70.7 Å². The lowest BCUT2D eigenvalue weighted by atomic mass is 10.1. The Bertz CT molecular complexity index is 1680. The number of rotatable bonds is 4. The van der Waals surface area contributed by atoms with Crippen molar-refractivity contribution in [2.75, 3.05) is 6.79 Å². The van der Waals surface area contributed by atoms with E-state index in [0.29, 0.717) is 45.5 Å². The average molecular weight is 489 g/mol. The first kappa shape index (κ1) is 21.8. The van der Waals surface area contributed by atoms with Gasteiger partial charge in [0.25, 0.3) is 5.56 Å². The van der Waals surface area contributed by atoms with Crippen LogP contribution in [0.5, 0.6) is 5.75 Å². The first-order valence-corrected chi connectivity index (χ1v) is 12.1. The zero-order valence-electron chi connectivity index (χ0n) is 19.1. The highest BCUT2D eigenvalue weighted by molar-refractivity contribution is 7.98. The van der Waals surface area contributed by atoms with Crippen LogP contribution in [0.2, 0.25) is 0 Å². The number of aromatic nitrogens is 4. The molecular formula is C26H21FN4O3S. The van der Waals surface area contributed by atoms with E-state index in [0.717, 1.165) is 22.4 Å². The molecule has 0 radical (unpaired) electrons. The molecule has 6 rings (SSSR count). The fourth-order valence-corrected chi connectivity index (χ4v) is 5.46. The third-order valence-corrected chi connectivity index (χ3v) is 7.07. The second kappa shape index (κ2) is 8.51. The van der Waals surface area contributed by atoms with Crippen molar-refractivity contribution in [2.45, 2.75) is 31.4 Å². The molecule has 3 aromatic carbocycles. The van der Waals surface area contributed by atoms with Crippen LogP contribution in [0.4, 0.5) is 4.39 Å². The van der Waals surface area contributed by atoms with Gasteiger partial charge < -0.3 is 9.47 Å². The number of ether oxygens (including phenoxy) is 2. The van der Waals surface area contributed by atoms with Crippen molar-refractivity contribution in [3.05, 3.63) is 93.0 Å². The molecular weight excluding hydrogens is 467 g/mol. The van der Waals surface area contributed by atoms with Gasteiger partial charge in [0, 0.05) is 16.9 Å². The van der Waals surface area contributed by atoms with Gasteiger partial charge in [-0.3, -0.25) is 9.20 Å². The number of hydrogen-bond acceptors (Lipinski definition) is 6. The molecule has 0 aliphatic carbocycles. The van der Waals surface area contributed by atoms with Gasteiger partial charge in [-0.05, 0) is 49.7 Å². The van der Waals surface area contributed by atoms with Crippen LogP contribution in [0.25, 0.3) is 22.4 Å². The van der Waals surface area contributed by atoms with E-state index in [2.05, 4.69) is 10.2 Å². The monoisotopic (exact) mass is 488 g/mol. The first-order valence-electron chi connectivity index (χ1n) is 11.1. The van der Waals surface area contributed by atoms with E-state index in [1.54, 1.807) is 4.57 Å². The first-order chi connectivity index (χ1) is 17.0. The van der Waals surface area contributed by atoms with Crippen molar-refractivity contribution < 1.29 is 13.9 Å². The van der Waals surface area contributed by atoms with Crippen LogP contribution in [0.15, 0.2) is 64.5 Å². The molecule has 3 heterocycles. The number of fused-ring (bicyclic) bond motifs is 4. The number of nitrogens with zero attached hydrogens (tertiary/aromatic N) is 4. The maximum absolute atomic E-state index is 14.2. The van der Waals surface area contributed by atoms with Crippen molar-refractivity contribution in [1.82, 2.24) is 19.2 Å². The van der Waals surface area contributed by atoms with Gasteiger partial charge in [0.1, 0.15) is 11.6 Å². The van der Waals surface area contributed by atoms with Crippen molar-refractivity contribution >= 4 is 28.4 Å². The molecule has 0 N–H and O–H groups in total. The summed E-state index contributed by atoms with van der Waals surface area (Å²) in [5.74, 6) is 1.15. The summed E-state index contributed by atoms with van der Waals surface area (Å²) in [5.41, 5.74) is 4.80. The van der Waals surface area contributed by atoms with Gasteiger partial charge in [0.05, 0.1) is 23.2 Å². The van der Waals surface area contributed by atoms with Crippen molar-refractivity contribution in [1.29, 1.82) is 0 Å². The molecule has 0 unspecified atom stereocenters. The summed E-state index contributed by atoms with van der Waals surface area (Å²) in [4.78, 5) is 13.6. The number of thioether (sulfide) groups is 1. The van der Waals surface area contributed by atoms with Crippen LogP contribution < -0.4 is 10.3 Å². The summed E-state index contributed by atoms with van der Waals surface area (Å²) in [7, 11) is 0. The van der Waals surface area contributed by atoms with E-state index in [4.69, 9.17) is 9.47 Å². The molecule has 5 aromatic rings. The molecule has 0 amide bonds. The van der Waals surface area contributed by atoms with Gasteiger partial charge >= 0.3 is 0 Å². The number of aryl methyl sites for hydroxylation is 2. The number of benzene rings is 3. The van der Waals surface area contributed by atoms with Crippen LogP contribution in [0.1, 0.15) is 22.3 Å². The minimum atomic E-state index is -0.339. The van der Waals surface area contributed by atoms with Gasteiger partial charge in [-0.15, -0.1) is 10.2 Å². The van der Waals surface area contributed by atoms with E-state index in [1.165, 1.54) is 23.9 Å². The standard InChI is InChI=1S/C26H21FN4O3S/c1-15-7-8-21(16(2)9-15)30-24(32)20-5-3-4-6-22(20)31-25(30)28-29-26(31)35-13-18-11-19(27)10-17-12-33-14-34-23(17)18/h3-11H,12-14H2,1-2H3. The zero-order chi connectivity index (χ0) is 24.1. The molecule has 0 bridgehead atoms. The van der Waals surface area contributed by atoms with Crippen LogP contribution in [0, 0.1) is 19.7 Å². The Labute approximate surface area is 204 Å². The van der Waals surface area contributed by atoms with Gasteiger partial charge in [-0.1, -0.05) is 41.6 Å². The molecule has 7 nitrogen and oxygen atoms in total. The molecule has 35 heavy (non-hydrogen) atoms. The Balaban J connectivity index is 1.51. The number of halogens is 1. The highest BCUT2D eigenvalue weighted by Gasteiger charge is 2.21. The normalized spacial score (nSPS) is 13.2. The quantitative estimate of drug-likeness (QED) is 0.334. The maximum atomic E-state index is 14.2. The Morgan fingerprint density at radius 3 is 2.80 bits per heavy atom. The minimum absolute atomic E-state index is 0.136.